The number of likely N-dealkylation sites (tertiary alicyclic amines) is 1. The van der Waals surface area contributed by atoms with Crippen LogP contribution in [0.1, 0.15) is 63.2 Å². The van der Waals surface area contributed by atoms with E-state index < -0.39 is 0 Å². The number of aromatic nitrogens is 1. The fraction of sp³-hybridized carbons (Fsp3) is 0.708. The Morgan fingerprint density at radius 1 is 1.26 bits per heavy atom. The first-order chi connectivity index (χ1) is 16.0. The highest BCUT2D eigenvalue weighted by Gasteiger charge is 2.31. The largest absolute Gasteiger partial charge is 0.480 e. The molecule has 3 N–H and O–H groups in total. The highest BCUT2D eigenvalue weighted by Crippen LogP contribution is 2.25. The number of nitrogens with zero attached hydrogens (tertiary/aromatic N) is 2. The topological polar surface area (TPSA) is 116 Å². The van der Waals surface area contributed by atoms with Crippen LogP contribution in [0.3, 0.4) is 0 Å². The quantitative estimate of drug-likeness (QED) is 0.352. The maximum absolute atomic E-state index is 12.9. The van der Waals surface area contributed by atoms with Crippen molar-refractivity contribution in [2.45, 2.75) is 65.0 Å². The number of esters is 1. The third-order valence-corrected chi connectivity index (χ3v) is 5.99. The van der Waals surface area contributed by atoms with Crippen molar-refractivity contribution in [2.75, 3.05) is 46.2 Å². The summed E-state index contributed by atoms with van der Waals surface area (Å²) in [5.74, 6) is -0.210. The maximum atomic E-state index is 12.9. The zero-order chi connectivity index (χ0) is 25.3. The van der Waals surface area contributed by atoms with Crippen LogP contribution in [-0.4, -0.2) is 74.4 Å². The van der Waals surface area contributed by atoms with Crippen LogP contribution in [0.15, 0.2) is 6.07 Å². The van der Waals surface area contributed by atoms with Gasteiger partial charge in [0.05, 0.1) is 30.9 Å². The number of pyridine rings is 1. The molecule has 0 spiro atoms. The molecule has 2 rings (SSSR count). The van der Waals surface area contributed by atoms with Gasteiger partial charge in [-0.1, -0.05) is 38.8 Å². The van der Waals surface area contributed by atoms with Gasteiger partial charge in [-0.2, -0.15) is 4.98 Å². The van der Waals surface area contributed by atoms with Gasteiger partial charge in [0.2, 0.25) is 5.88 Å². The van der Waals surface area contributed by atoms with Crippen LogP contribution >= 0.6 is 11.6 Å². The van der Waals surface area contributed by atoms with E-state index in [0.717, 1.165) is 38.8 Å². The molecule has 10 heteroatoms. The molecule has 0 saturated carbocycles. The minimum absolute atomic E-state index is 0.00968. The van der Waals surface area contributed by atoms with Crippen molar-refractivity contribution in [3.05, 3.63) is 16.7 Å². The van der Waals surface area contributed by atoms with Crippen molar-refractivity contribution in [3.8, 4) is 5.88 Å². The number of piperidine rings is 1. The van der Waals surface area contributed by atoms with Gasteiger partial charge in [-0.25, -0.2) is 0 Å². The van der Waals surface area contributed by atoms with Gasteiger partial charge in [-0.3, -0.25) is 9.59 Å². The molecule has 0 bridgehead atoms. The number of unbranched alkanes of at least 4 members (excludes halogenated alkanes) is 2. The highest BCUT2D eigenvalue weighted by molar-refractivity contribution is 6.33. The van der Waals surface area contributed by atoms with Crippen LogP contribution < -0.4 is 15.8 Å². The van der Waals surface area contributed by atoms with Crippen LogP contribution in [0, 0.1) is 5.41 Å². The van der Waals surface area contributed by atoms with Crippen molar-refractivity contribution in [2.24, 2.45) is 5.41 Å². The first kappa shape index (κ1) is 28.1. The first-order valence-electron chi connectivity index (χ1n) is 11.8. The summed E-state index contributed by atoms with van der Waals surface area (Å²) >= 11 is 6.05. The van der Waals surface area contributed by atoms with E-state index in [4.69, 9.17) is 31.5 Å². The van der Waals surface area contributed by atoms with E-state index in [1.54, 1.807) is 7.11 Å². The fourth-order valence-electron chi connectivity index (χ4n) is 3.79. The number of nitrogens with one attached hydrogen (secondary N) is 1. The lowest BCUT2D eigenvalue weighted by molar-refractivity contribution is -0.146. The van der Waals surface area contributed by atoms with Crippen LogP contribution in [0.5, 0.6) is 5.88 Å². The Hall–Kier alpha value is -2.10. The summed E-state index contributed by atoms with van der Waals surface area (Å²) in [7, 11) is 3.08. The number of rotatable bonds is 11. The standard InChI is InChI=1S/C24H39ClN4O5/c1-24(2,3)15-34-20(30)9-7-6-8-11-29-12-10-18(19(14-29)32-4)27-22(31)16-13-17(25)21(26)28-23(16)33-5/h13,18-19H,6-12,14-15H2,1-5H3,(H2,26,28)(H,27,31)/t18-,19+/m1/s1. The molecule has 2 heterocycles. The van der Waals surface area contributed by atoms with Crippen LogP contribution in [-0.2, 0) is 14.3 Å². The number of nitrogen functional groups attached to an aromatic ring is 1. The van der Waals surface area contributed by atoms with E-state index in [0.29, 0.717) is 19.6 Å². The van der Waals surface area contributed by atoms with E-state index >= 15 is 0 Å². The molecule has 0 unspecified atom stereocenters. The third kappa shape index (κ3) is 8.92. The minimum atomic E-state index is -0.329. The number of hydrogen-bond donors (Lipinski definition) is 2. The Balaban J connectivity index is 1.76. The van der Waals surface area contributed by atoms with Crippen molar-refractivity contribution >= 4 is 29.3 Å². The monoisotopic (exact) mass is 498 g/mol. The molecule has 1 aromatic heterocycles. The lowest BCUT2D eigenvalue weighted by Crippen LogP contribution is -2.54. The summed E-state index contributed by atoms with van der Waals surface area (Å²) < 4.78 is 16.2. The molecule has 1 amide bonds. The fourth-order valence-corrected chi connectivity index (χ4v) is 3.94. The summed E-state index contributed by atoms with van der Waals surface area (Å²) in [6.07, 6.45) is 3.84. The van der Waals surface area contributed by atoms with Gasteiger partial charge >= 0.3 is 5.97 Å². The van der Waals surface area contributed by atoms with Gasteiger partial charge in [0.15, 0.2) is 0 Å². The van der Waals surface area contributed by atoms with Crippen LogP contribution in [0.25, 0.3) is 0 Å². The summed E-state index contributed by atoms with van der Waals surface area (Å²) in [4.78, 5) is 31.1. The average Bonchev–Trinajstić information content (AvgIpc) is 2.79. The molecular weight excluding hydrogens is 460 g/mol. The molecule has 1 aliphatic rings. The number of hydrogen-bond acceptors (Lipinski definition) is 8. The van der Waals surface area contributed by atoms with E-state index in [9.17, 15) is 9.59 Å². The van der Waals surface area contributed by atoms with Crippen molar-refractivity contribution in [1.82, 2.24) is 15.2 Å². The molecule has 1 saturated heterocycles. The Labute approximate surface area is 207 Å². The predicted molar refractivity (Wildman–Crippen MR) is 132 cm³/mol. The number of methoxy groups -OCH3 is 2. The number of carbonyl (C=O) groups excluding carboxylic acids is 2. The molecule has 34 heavy (non-hydrogen) atoms. The number of nitrogens with two attached hydrogens (primary N) is 1. The molecule has 1 aromatic rings. The van der Waals surface area contributed by atoms with Crippen LogP contribution in [0.2, 0.25) is 5.02 Å². The zero-order valence-corrected chi connectivity index (χ0v) is 21.7. The number of ether oxygens (including phenoxy) is 3. The number of amides is 1. The predicted octanol–water partition coefficient (Wildman–Crippen LogP) is 3.29. The molecule has 0 radical (unpaired) electrons. The lowest BCUT2D eigenvalue weighted by Gasteiger charge is -2.38. The molecule has 192 valence electrons. The molecular formula is C24H39ClN4O5. The third-order valence-electron chi connectivity index (χ3n) is 5.69. The number of halogens is 1. The van der Waals surface area contributed by atoms with Gasteiger partial charge < -0.3 is 30.2 Å². The van der Waals surface area contributed by atoms with Gasteiger partial charge in [0, 0.05) is 26.6 Å². The first-order valence-corrected chi connectivity index (χ1v) is 12.1. The summed E-state index contributed by atoms with van der Waals surface area (Å²) in [5, 5.41) is 3.23. The number of anilines is 1. The minimum Gasteiger partial charge on any atom is -0.480 e. The van der Waals surface area contributed by atoms with E-state index in [-0.39, 0.29) is 51.7 Å². The van der Waals surface area contributed by atoms with Gasteiger partial charge in [0.25, 0.3) is 5.91 Å². The molecule has 2 atom stereocenters. The molecule has 1 fully saturated rings. The Kier molecular flexibility index (Phi) is 10.9. The summed E-state index contributed by atoms with van der Waals surface area (Å²) in [6, 6.07) is 1.32. The SMILES string of the molecule is COc1nc(N)c(Cl)cc1C(=O)N[C@@H]1CCN(CCCCCC(=O)OCC(C)(C)C)C[C@@H]1OC. The smallest absolute Gasteiger partial charge is 0.305 e. The Morgan fingerprint density at radius 2 is 2.00 bits per heavy atom. The molecule has 1 aliphatic heterocycles. The van der Waals surface area contributed by atoms with Gasteiger partial charge in [-0.15, -0.1) is 0 Å². The number of carbonyl (C=O) groups is 2. The average molecular weight is 499 g/mol. The highest BCUT2D eigenvalue weighted by atomic mass is 35.5. The van der Waals surface area contributed by atoms with Crippen molar-refractivity contribution in [1.29, 1.82) is 0 Å². The van der Waals surface area contributed by atoms with E-state index in [1.807, 2.05) is 20.8 Å². The van der Waals surface area contributed by atoms with Crippen LogP contribution in [0.4, 0.5) is 5.82 Å². The maximum Gasteiger partial charge on any atom is 0.305 e. The molecule has 9 nitrogen and oxygen atoms in total. The van der Waals surface area contributed by atoms with E-state index in [1.165, 1.54) is 13.2 Å². The lowest BCUT2D eigenvalue weighted by atomic mass is 9.99. The normalized spacial score (nSPS) is 19.0. The molecule has 0 aromatic carbocycles. The molecule has 0 aliphatic carbocycles. The van der Waals surface area contributed by atoms with Crippen molar-refractivity contribution < 1.29 is 23.8 Å². The summed E-state index contributed by atoms with van der Waals surface area (Å²) in [5.41, 5.74) is 5.93. The van der Waals surface area contributed by atoms with Crippen molar-refractivity contribution in [3.63, 3.8) is 0 Å². The van der Waals surface area contributed by atoms with E-state index in [2.05, 4.69) is 15.2 Å². The van der Waals surface area contributed by atoms with Gasteiger partial charge in [-0.05, 0) is 37.3 Å². The second-order valence-corrected chi connectivity index (χ2v) is 10.3. The summed E-state index contributed by atoms with van der Waals surface area (Å²) in [6.45, 7) is 9.06. The Morgan fingerprint density at radius 3 is 2.65 bits per heavy atom. The second-order valence-electron chi connectivity index (χ2n) is 9.89. The zero-order valence-electron chi connectivity index (χ0n) is 21.0. The van der Waals surface area contributed by atoms with Gasteiger partial charge in [0.1, 0.15) is 11.4 Å². The Bertz CT molecular complexity index is 830. The second kappa shape index (κ2) is 13.1.